The molecular weight excluding hydrogens is 262 g/mol. The van der Waals surface area contributed by atoms with Crippen LogP contribution in [0.25, 0.3) is 11.1 Å². The molecule has 1 unspecified atom stereocenters. The van der Waals surface area contributed by atoms with E-state index in [4.69, 9.17) is 4.74 Å². The van der Waals surface area contributed by atoms with Gasteiger partial charge in [0.1, 0.15) is 18.6 Å². The number of likely N-dealkylation sites (tertiary alicyclic amines) is 1. The first-order valence-corrected chi connectivity index (χ1v) is 7.25. The molecule has 0 aliphatic carbocycles. The van der Waals surface area contributed by atoms with E-state index in [2.05, 4.69) is 11.9 Å². The van der Waals surface area contributed by atoms with Crippen LogP contribution in [0.3, 0.4) is 0 Å². The van der Waals surface area contributed by atoms with Gasteiger partial charge in [0.25, 0.3) is 0 Å². The summed E-state index contributed by atoms with van der Waals surface area (Å²) in [6, 6.07) is 16.2. The SMILES string of the molecule is CN1CCC1COc1cccc(-c2cccc(C=O)c2)c1. The van der Waals surface area contributed by atoms with E-state index in [1.54, 1.807) is 0 Å². The fourth-order valence-corrected chi connectivity index (χ4v) is 2.53. The molecule has 0 amide bonds. The third kappa shape index (κ3) is 3.14. The van der Waals surface area contributed by atoms with Crippen LogP contribution >= 0.6 is 0 Å². The van der Waals surface area contributed by atoms with E-state index in [1.807, 2.05) is 48.5 Å². The Hall–Kier alpha value is -2.13. The summed E-state index contributed by atoms with van der Waals surface area (Å²) in [5, 5.41) is 0. The molecular formula is C18H19NO2. The molecule has 1 saturated heterocycles. The van der Waals surface area contributed by atoms with E-state index < -0.39 is 0 Å². The topological polar surface area (TPSA) is 29.5 Å². The zero-order chi connectivity index (χ0) is 14.7. The monoisotopic (exact) mass is 281 g/mol. The van der Waals surface area contributed by atoms with Crippen molar-refractivity contribution in [2.45, 2.75) is 12.5 Å². The summed E-state index contributed by atoms with van der Waals surface area (Å²) in [5.74, 6) is 0.879. The Bertz CT molecular complexity index is 639. The number of nitrogens with zero attached hydrogens (tertiary/aromatic N) is 1. The number of aldehydes is 1. The van der Waals surface area contributed by atoms with Crippen LogP contribution in [0.4, 0.5) is 0 Å². The average Bonchev–Trinajstić information content (AvgIpc) is 2.54. The first kappa shape index (κ1) is 13.8. The first-order valence-electron chi connectivity index (χ1n) is 7.25. The van der Waals surface area contributed by atoms with Gasteiger partial charge < -0.3 is 4.74 Å². The van der Waals surface area contributed by atoms with Crippen LogP contribution in [0.1, 0.15) is 16.8 Å². The summed E-state index contributed by atoms with van der Waals surface area (Å²) in [4.78, 5) is 13.2. The van der Waals surface area contributed by atoms with Crippen molar-refractivity contribution in [1.82, 2.24) is 4.90 Å². The zero-order valence-electron chi connectivity index (χ0n) is 12.2. The van der Waals surface area contributed by atoms with Crippen molar-refractivity contribution in [2.24, 2.45) is 0 Å². The van der Waals surface area contributed by atoms with Crippen molar-refractivity contribution < 1.29 is 9.53 Å². The Morgan fingerprint density at radius 2 is 1.95 bits per heavy atom. The second-order valence-electron chi connectivity index (χ2n) is 5.51. The minimum Gasteiger partial charge on any atom is -0.492 e. The number of rotatable bonds is 5. The van der Waals surface area contributed by atoms with E-state index >= 15 is 0 Å². The first-order chi connectivity index (χ1) is 10.3. The molecule has 0 aromatic heterocycles. The molecule has 1 aliphatic heterocycles. The molecule has 3 rings (SSSR count). The maximum atomic E-state index is 10.9. The predicted octanol–water partition coefficient (Wildman–Crippen LogP) is 3.25. The van der Waals surface area contributed by atoms with Gasteiger partial charge in [0.15, 0.2) is 0 Å². The summed E-state index contributed by atoms with van der Waals surface area (Å²) in [5.41, 5.74) is 2.79. The van der Waals surface area contributed by atoms with Crippen molar-refractivity contribution in [3.05, 3.63) is 54.1 Å². The molecule has 1 heterocycles. The predicted molar refractivity (Wildman–Crippen MR) is 83.8 cm³/mol. The van der Waals surface area contributed by atoms with Crippen LogP contribution in [0.2, 0.25) is 0 Å². The minimum atomic E-state index is 0.534. The van der Waals surface area contributed by atoms with Crippen molar-refractivity contribution in [3.63, 3.8) is 0 Å². The normalized spacial score (nSPS) is 18.0. The van der Waals surface area contributed by atoms with Gasteiger partial charge in [-0.1, -0.05) is 30.3 Å². The van der Waals surface area contributed by atoms with Crippen LogP contribution in [-0.2, 0) is 0 Å². The molecule has 2 aromatic rings. The van der Waals surface area contributed by atoms with Gasteiger partial charge in [0, 0.05) is 11.6 Å². The number of hydrogen-bond donors (Lipinski definition) is 0. The largest absolute Gasteiger partial charge is 0.492 e. The highest BCUT2D eigenvalue weighted by Crippen LogP contribution is 2.25. The van der Waals surface area contributed by atoms with E-state index in [0.717, 1.165) is 36.3 Å². The van der Waals surface area contributed by atoms with E-state index in [9.17, 15) is 4.79 Å². The number of ether oxygens (including phenoxy) is 1. The number of carbonyl (C=O) groups excluding carboxylic acids is 1. The molecule has 0 saturated carbocycles. The molecule has 0 spiro atoms. The van der Waals surface area contributed by atoms with Crippen LogP contribution < -0.4 is 4.74 Å². The molecule has 1 fully saturated rings. The molecule has 1 atom stereocenters. The van der Waals surface area contributed by atoms with Gasteiger partial charge in [-0.25, -0.2) is 0 Å². The standard InChI is InChI=1S/C18H19NO2/c1-19-9-8-17(19)13-21-18-7-3-6-16(11-18)15-5-2-4-14(10-15)12-20/h2-7,10-12,17H,8-9,13H2,1H3. The maximum absolute atomic E-state index is 10.9. The lowest BCUT2D eigenvalue weighted by Gasteiger charge is -2.37. The number of likely N-dealkylation sites (N-methyl/N-ethyl adjacent to an activating group) is 1. The van der Waals surface area contributed by atoms with Crippen LogP contribution in [-0.4, -0.2) is 37.4 Å². The van der Waals surface area contributed by atoms with Gasteiger partial charge in [-0.3, -0.25) is 9.69 Å². The van der Waals surface area contributed by atoms with Crippen LogP contribution in [0, 0.1) is 0 Å². The Labute approximate surface area is 125 Å². The quantitative estimate of drug-likeness (QED) is 0.788. The Kier molecular flexibility index (Phi) is 4.02. The van der Waals surface area contributed by atoms with Gasteiger partial charge in [0.05, 0.1) is 0 Å². The molecule has 0 N–H and O–H groups in total. The van der Waals surface area contributed by atoms with E-state index in [-0.39, 0.29) is 0 Å². The highest BCUT2D eigenvalue weighted by atomic mass is 16.5. The summed E-state index contributed by atoms with van der Waals surface area (Å²) in [7, 11) is 2.12. The summed E-state index contributed by atoms with van der Waals surface area (Å²) in [6.45, 7) is 1.89. The van der Waals surface area contributed by atoms with Gasteiger partial charge in [0.2, 0.25) is 0 Å². The second kappa shape index (κ2) is 6.10. The van der Waals surface area contributed by atoms with Crippen molar-refractivity contribution in [2.75, 3.05) is 20.2 Å². The van der Waals surface area contributed by atoms with Crippen LogP contribution in [0.5, 0.6) is 5.75 Å². The van der Waals surface area contributed by atoms with Gasteiger partial charge in [-0.15, -0.1) is 0 Å². The van der Waals surface area contributed by atoms with Crippen molar-refractivity contribution >= 4 is 6.29 Å². The molecule has 3 heteroatoms. The van der Waals surface area contributed by atoms with Crippen molar-refractivity contribution in [3.8, 4) is 16.9 Å². The second-order valence-corrected chi connectivity index (χ2v) is 5.51. The maximum Gasteiger partial charge on any atom is 0.150 e. The Morgan fingerprint density at radius 1 is 1.19 bits per heavy atom. The number of hydrogen-bond acceptors (Lipinski definition) is 3. The van der Waals surface area contributed by atoms with Gasteiger partial charge in [-0.2, -0.15) is 0 Å². The highest BCUT2D eigenvalue weighted by Gasteiger charge is 2.24. The fourth-order valence-electron chi connectivity index (χ4n) is 2.53. The third-order valence-corrected chi connectivity index (χ3v) is 4.07. The highest BCUT2D eigenvalue weighted by molar-refractivity contribution is 5.79. The average molecular weight is 281 g/mol. The lowest BCUT2D eigenvalue weighted by atomic mass is 10.0. The lowest BCUT2D eigenvalue weighted by molar-refractivity contribution is 0.0769. The lowest BCUT2D eigenvalue weighted by Crippen LogP contribution is -2.48. The molecule has 0 bridgehead atoms. The van der Waals surface area contributed by atoms with Crippen LogP contribution in [0.15, 0.2) is 48.5 Å². The molecule has 108 valence electrons. The van der Waals surface area contributed by atoms with Gasteiger partial charge in [-0.05, 0) is 49.3 Å². The zero-order valence-corrected chi connectivity index (χ0v) is 12.2. The number of benzene rings is 2. The third-order valence-electron chi connectivity index (χ3n) is 4.07. The fraction of sp³-hybridized carbons (Fsp3) is 0.278. The van der Waals surface area contributed by atoms with E-state index in [1.165, 1.54) is 6.42 Å². The van der Waals surface area contributed by atoms with Gasteiger partial charge >= 0.3 is 0 Å². The molecule has 2 aromatic carbocycles. The molecule has 0 radical (unpaired) electrons. The molecule has 21 heavy (non-hydrogen) atoms. The van der Waals surface area contributed by atoms with Crippen molar-refractivity contribution in [1.29, 1.82) is 0 Å². The smallest absolute Gasteiger partial charge is 0.150 e. The molecule has 3 nitrogen and oxygen atoms in total. The number of carbonyl (C=O) groups is 1. The Balaban J connectivity index is 1.74. The minimum absolute atomic E-state index is 0.534. The Morgan fingerprint density at radius 3 is 2.62 bits per heavy atom. The molecule has 1 aliphatic rings. The van der Waals surface area contributed by atoms with E-state index in [0.29, 0.717) is 11.6 Å². The summed E-state index contributed by atoms with van der Waals surface area (Å²) in [6.07, 6.45) is 2.08. The summed E-state index contributed by atoms with van der Waals surface area (Å²) >= 11 is 0. The summed E-state index contributed by atoms with van der Waals surface area (Å²) < 4.78 is 5.89.